The Morgan fingerprint density at radius 2 is 1.84 bits per heavy atom. The summed E-state index contributed by atoms with van der Waals surface area (Å²) in [6, 6.07) is 8.68. The van der Waals surface area contributed by atoms with E-state index < -0.39 is 11.7 Å². The van der Waals surface area contributed by atoms with E-state index in [9.17, 15) is 9.59 Å². The number of benzene rings is 1. The number of rotatable bonds is 2. The highest BCUT2D eigenvalue weighted by Crippen LogP contribution is 2.24. The van der Waals surface area contributed by atoms with Crippen molar-refractivity contribution in [3.63, 3.8) is 0 Å². The Hall–Kier alpha value is -1.84. The fourth-order valence-corrected chi connectivity index (χ4v) is 1.99. The first-order chi connectivity index (χ1) is 8.88. The molecule has 4 heteroatoms. The smallest absolute Gasteiger partial charge is 0.410 e. The van der Waals surface area contributed by atoms with Gasteiger partial charge >= 0.3 is 6.09 Å². The lowest BCUT2D eigenvalue weighted by Gasteiger charge is -2.40. The molecule has 1 aromatic rings. The topological polar surface area (TPSA) is 46.6 Å². The molecule has 0 aromatic heterocycles. The van der Waals surface area contributed by atoms with Gasteiger partial charge < -0.3 is 4.74 Å². The number of Topliss-reactive ketones (excluding diaryl/α,β-unsaturated/α-hetero) is 1. The van der Waals surface area contributed by atoms with E-state index in [-0.39, 0.29) is 11.8 Å². The molecule has 0 radical (unpaired) electrons. The van der Waals surface area contributed by atoms with Crippen molar-refractivity contribution in [3.05, 3.63) is 35.9 Å². The third-order valence-electron chi connectivity index (χ3n) is 3.01. The number of likely N-dealkylation sites (tertiary alicyclic amines) is 1. The van der Waals surface area contributed by atoms with E-state index in [4.69, 9.17) is 4.74 Å². The molecule has 102 valence electrons. The van der Waals surface area contributed by atoms with Gasteiger partial charge in [0, 0.05) is 12.1 Å². The first kappa shape index (κ1) is 13.6. The lowest BCUT2D eigenvalue weighted by atomic mass is 9.94. The largest absolute Gasteiger partial charge is 0.444 e. The summed E-state index contributed by atoms with van der Waals surface area (Å²) in [5, 5.41) is 0. The van der Waals surface area contributed by atoms with Gasteiger partial charge in [-0.1, -0.05) is 30.3 Å². The molecular formula is C15H19NO3. The average molecular weight is 261 g/mol. The van der Waals surface area contributed by atoms with Crippen molar-refractivity contribution < 1.29 is 14.3 Å². The minimum atomic E-state index is -0.535. The Kier molecular flexibility index (Phi) is 3.60. The van der Waals surface area contributed by atoms with Crippen LogP contribution in [0.2, 0.25) is 0 Å². The second-order valence-corrected chi connectivity index (χ2v) is 5.71. The van der Waals surface area contributed by atoms with Gasteiger partial charge in [-0.3, -0.25) is 9.69 Å². The molecule has 0 saturated carbocycles. The van der Waals surface area contributed by atoms with Crippen LogP contribution in [0.3, 0.4) is 0 Å². The standard InChI is InChI=1S/C15H19NO3/c1-15(2,3)19-14(18)16-10-9-12(16)13(17)11-7-5-4-6-8-11/h4-8,12H,9-10H2,1-3H3/t12-/m1/s1. The summed E-state index contributed by atoms with van der Waals surface area (Å²) in [5.74, 6) is -0.0160. The van der Waals surface area contributed by atoms with Gasteiger partial charge in [0.25, 0.3) is 0 Å². The SMILES string of the molecule is CC(C)(C)OC(=O)N1CC[C@@H]1C(=O)c1ccccc1. The Bertz CT molecular complexity index is 476. The predicted octanol–water partition coefficient (Wildman–Crippen LogP) is 2.88. The van der Waals surface area contributed by atoms with Crippen LogP contribution in [0.1, 0.15) is 37.6 Å². The minimum absolute atomic E-state index is 0.0160. The third-order valence-corrected chi connectivity index (χ3v) is 3.01. The van der Waals surface area contributed by atoms with Crippen molar-refractivity contribution in [1.29, 1.82) is 0 Å². The predicted molar refractivity (Wildman–Crippen MR) is 72.1 cm³/mol. The van der Waals surface area contributed by atoms with E-state index in [1.54, 1.807) is 12.1 Å². The van der Waals surface area contributed by atoms with Crippen LogP contribution >= 0.6 is 0 Å². The van der Waals surface area contributed by atoms with Gasteiger partial charge in [0.05, 0.1) is 0 Å². The summed E-state index contributed by atoms with van der Waals surface area (Å²) in [6.45, 7) is 6.04. The number of amides is 1. The number of ether oxygens (including phenoxy) is 1. The molecule has 1 amide bonds. The maximum Gasteiger partial charge on any atom is 0.410 e. The van der Waals surface area contributed by atoms with Crippen LogP contribution in [0.5, 0.6) is 0 Å². The average Bonchev–Trinajstić information content (AvgIpc) is 2.26. The van der Waals surface area contributed by atoms with Crippen LogP contribution in [-0.2, 0) is 4.74 Å². The van der Waals surface area contributed by atoms with E-state index in [0.717, 1.165) is 0 Å². The minimum Gasteiger partial charge on any atom is -0.444 e. The molecule has 1 aromatic carbocycles. The Balaban J connectivity index is 2.03. The zero-order chi connectivity index (χ0) is 14.0. The molecule has 1 heterocycles. The lowest BCUT2D eigenvalue weighted by molar-refractivity contribution is -0.00268. The van der Waals surface area contributed by atoms with Crippen molar-refractivity contribution in [1.82, 2.24) is 4.90 Å². The van der Waals surface area contributed by atoms with Crippen molar-refractivity contribution in [2.24, 2.45) is 0 Å². The fraction of sp³-hybridized carbons (Fsp3) is 0.467. The van der Waals surface area contributed by atoms with Crippen molar-refractivity contribution >= 4 is 11.9 Å². The highest BCUT2D eigenvalue weighted by Gasteiger charge is 2.39. The molecule has 4 nitrogen and oxygen atoms in total. The molecule has 0 bridgehead atoms. The lowest BCUT2D eigenvalue weighted by Crippen LogP contribution is -2.56. The summed E-state index contributed by atoms with van der Waals surface area (Å²) >= 11 is 0. The van der Waals surface area contributed by atoms with E-state index in [2.05, 4.69) is 0 Å². The molecule has 0 spiro atoms. The normalized spacial score (nSPS) is 18.7. The number of carbonyl (C=O) groups is 2. The molecule has 19 heavy (non-hydrogen) atoms. The third kappa shape index (κ3) is 3.13. The van der Waals surface area contributed by atoms with E-state index in [0.29, 0.717) is 18.5 Å². The second-order valence-electron chi connectivity index (χ2n) is 5.71. The zero-order valence-corrected chi connectivity index (χ0v) is 11.6. The van der Waals surface area contributed by atoms with E-state index in [1.165, 1.54) is 4.90 Å². The van der Waals surface area contributed by atoms with Crippen molar-refractivity contribution in [2.45, 2.75) is 38.8 Å². The van der Waals surface area contributed by atoms with Gasteiger partial charge in [0.1, 0.15) is 11.6 Å². The summed E-state index contributed by atoms with van der Waals surface area (Å²) in [6.07, 6.45) is 0.292. The van der Waals surface area contributed by atoms with Crippen LogP contribution in [-0.4, -0.2) is 35.0 Å². The van der Waals surface area contributed by atoms with Gasteiger partial charge in [-0.15, -0.1) is 0 Å². The first-order valence-corrected chi connectivity index (χ1v) is 6.47. The maximum absolute atomic E-state index is 12.3. The maximum atomic E-state index is 12.3. The number of carbonyl (C=O) groups excluding carboxylic acids is 2. The van der Waals surface area contributed by atoms with E-state index in [1.807, 2.05) is 39.0 Å². The molecular weight excluding hydrogens is 242 g/mol. The second kappa shape index (κ2) is 5.03. The Labute approximate surface area is 113 Å². The Morgan fingerprint density at radius 3 is 2.32 bits per heavy atom. The van der Waals surface area contributed by atoms with Gasteiger partial charge in [-0.2, -0.15) is 0 Å². The molecule has 1 saturated heterocycles. The molecule has 1 fully saturated rings. The molecule has 0 N–H and O–H groups in total. The quantitative estimate of drug-likeness (QED) is 0.769. The monoisotopic (exact) mass is 261 g/mol. The summed E-state index contributed by atoms with van der Waals surface area (Å²) in [4.78, 5) is 25.7. The number of ketones is 1. The molecule has 1 atom stereocenters. The number of hydrogen-bond donors (Lipinski definition) is 0. The van der Waals surface area contributed by atoms with E-state index >= 15 is 0 Å². The van der Waals surface area contributed by atoms with Crippen LogP contribution in [0.25, 0.3) is 0 Å². The molecule has 0 unspecified atom stereocenters. The van der Waals surface area contributed by atoms with Crippen molar-refractivity contribution in [2.75, 3.05) is 6.54 Å². The van der Waals surface area contributed by atoms with Gasteiger partial charge in [0.15, 0.2) is 5.78 Å². The van der Waals surface area contributed by atoms with Crippen LogP contribution in [0, 0.1) is 0 Å². The number of hydrogen-bond acceptors (Lipinski definition) is 3. The Morgan fingerprint density at radius 1 is 1.21 bits per heavy atom. The van der Waals surface area contributed by atoms with Crippen LogP contribution < -0.4 is 0 Å². The van der Waals surface area contributed by atoms with Crippen LogP contribution in [0.15, 0.2) is 30.3 Å². The van der Waals surface area contributed by atoms with Gasteiger partial charge in [0.2, 0.25) is 0 Å². The van der Waals surface area contributed by atoms with Gasteiger partial charge in [-0.05, 0) is 27.2 Å². The molecule has 1 aliphatic heterocycles. The molecule has 0 aliphatic carbocycles. The van der Waals surface area contributed by atoms with Crippen molar-refractivity contribution in [3.8, 4) is 0 Å². The zero-order valence-electron chi connectivity index (χ0n) is 11.6. The number of nitrogens with zero attached hydrogens (tertiary/aromatic N) is 1. The fourth-order valence-electron chi connectivity index (χ4n) is 1.99. The molecule has 2 rings (SSSR count). The first-order valence-electron chi connectivity index (χ1n) is 6.47. The summed E-state index contributed by atoms with van der Waals surface area (Å²) < 4.78 is 5.29. The highest BCUT2D eigenvalue weighted by atomic mass is 16.6. The van der Waals surface area contributed by atoms with Crippen LogP contribution in [0.4, 0.5) is 4.79 Å². The highest BCUT2D eigenvalue weighted by molar-refractivity contribution is 6.02. The summed E-state index contributed by atoms with van der Waals surface area (Å²) in [5.41, 5.74) is 0.105. The molecule has 1 aliphatic rings. The van der Waals surface area contributed by atoms with Gasteiger partial charge in [-0.25, -0.2) is 4.79 Å². The summed E-state index contributed by atoms with van der Waals surface area (Å²) in [7, 11) is 0.